The second-order valence-electron chi connectivity index (χ2n) is 6.13. The van der Waals surface area contributed by atoms with E-state index < -0.39 is 0 Å². The lowest BCUT2D eigenvalue weighted by atomic mass is 9.95. The Bertz CT molecular complexity index is 671. The summed E-state index contributed by atoms with van der Waals surface area (Å²) in [6, 6.07) is 17.5. The SMILES string of the molecule is C=CC.C=CC.C=CC=C.CC.CN1CCc2cc(-c3ccccc3)ccc2C1. The summed E-state index contributed by atoms with van der Waals surface area (Å²) in [4.78, 5) is 2.38. The Morgan fingerprint density at radius 2 is 1.28 bits per heavy atom. The van der Waals surface area contributed by atoms with Gasteiger partial charge >= 0.3 is 0 Å². The minimum absolute atomic E-state index is 1.09. The summed E-state index contributed by atoms with van der Waals surface area (Å²) < 4.78 is 0. The summed E-state index contributed by atoms with van der Waals surface area (Å²) in [5.41, 5.74) is 5.66. The second kappa shape index (κ2) is 20.1. The zero-order valence-corrected chi connectivity index (χ0v) is 19.3. The first-order valence-electron chi connectivity index (χ1n) is 10.3. The highest BCUT2D eigenvalue weighted by molar-refractivity contribution is 5.65. The molecule has 0 radical (unpaired) electrons. The van der Waals surface area contributed by atoms with E-state index in [0.29, 0.717) is 0 Å². The first-order valence-corrected chi connectivity index (χ1v) is 10.3. The molecule has 2 aromatic carbocycles. The van der Waals surface area contributed by atoms with Crippen LogP contribution in [0.1, 0.15) is 38.8 Å². The molecule has 1 heterocycles. The molecular weight excluding hydrogens is 350 g/mol. The van der Waals surface area contributed by atoms with Gasteiger partial charge in [0.2, 0.25) is 0 Å². The normalized spacial score (nSPS) is 10.9. The molecule has 0 aromatic heterocycles. The van der Waals surface area contributed by atoms with Gasteiger partial charge in [0.05, 0.1) is 0 Å². The smallest absolute Gasteiger partial charge is 0.0233 e. The maximum Gasteiger partial charge on any atom is 0.0233 e. The van der Waals surface area contributed by atoms with E-state index >= 15 is 0 Å². The zero-order chi connectivity index (χ0) is 22.5. The molecule has 0 atom stereocenters. The minimum atomic E-state index is 1.09. The molecule has 0 saturated heterocycles. The van der Waals surface area contributed by atoms with E-state index in [-0.39, 0.29) is 0 Å². The summed E-state index contributed by atoms with van der Waals surface area (Å²) >= 11 is 0. The fourth-order valence-electron chi connectivity index (χ4n) is 2.50. The number of nitrogens with zero attached hydrogens (tertiary/aromatic N) is 1. The van der Waals surface area contributed by atoms with Crippen molar-refractivity contribution in [2.45, 2.75) is 40.7 Å². The van der Waals surface area contributed by atoms with Gasteiger partial charge in [0.25, 0.3) is 0 Å². The summed E-state index contributed by atoms with van der Waals surface area (Å²) in [5, 5.41) is 0. The van der Waals surface area contributed by atoms with Gasteiger partial charge in [0.15, 0.2) is 0 Å². The van der Waals surface area contributed by atoms with Crippen molar-refractivity contribution in [1.29, 1.82) is 0 Å². The molecule has 1 aliphatic rings. The molecule has 1 nitrogen and oxygen atoms in total. The summed E-state index contributed by atoms with van der Waals surface area (Å²) in [7, 11) is 2.19. The number of likely N-dealkylation sites (N-methyl/N-ethyl adjacent to an activating group) is 1. The molecule has 0 bridgehead atoms. The Hall–Kier alpha value is -2.64. The fraction of sp³-hybridized carbons (Fsp3) is 0.286. The predicted molar refractivity (Wildman–Crippen MR) is 135 cm³/mol. The number of rotatable bonds is 2. The number of hydrogen-bond acceptors (Lipinski definition) is 1. The van der Waals surface area contributed by atoms with Crippen LogP contribution in [0.5, 0.6) is 0 Å². The van der Waals surface area contributed by atoms with E-state index in [1.54, 1.807) is 24.3 Å². The minimum Gasteiger partial charge on any atom is -0.302 e. The quantitative estimate of drug-likeness (QED) is 0.369. The highest BCUT2D eigenvalue weighted by Gasteiger charge is 2.13. The van der Waals surface area contributed by atoms with E-state index in [1.807, 2.05) is 27.7 Å². The second-order valence-corrected chi connectivity index (χ2v) is 6.13. The largest absolute Gasteiger partial charge is 0.302 e. The van der Waals surface area contributed by atoms with Crippen molar-refractivity contribution in [3.05, 3.63) is 110 Å². The van der Waals surface area contributed by atoms with Gasteiger partial charge in [-0.1, -0.05) is 99.8 Å². The molecule has 0 amide bonds. The lowest BCUT2D eigenvalue weighted by Gasteiger charge is -2.25. The van der Waals surface area contributed by atoms with Crippen molar-refractivity contribution in [2.24, 2.45) is 0 Å². The molecule has 2 aromatic rings. The highest BCUT2D eigenvalue weighted by atomic mass is 15.1. The average molecular weight is 392 g/mol. The van der Waals surface area contributed by atoms with E-state index in [1.165, 1.54) is 35.2 Å². The van der Waals surface area contributed by atoms with Crippen molar-refractivity contribution in [3.63, 3.8) is 0 Å². The van der Waals surface area contributed by atoms with Crippen LogP contribution in [0.15, 0.2) is 99.2 Å². The molecule has 3 rings (SSSR count). The predicted octanol–water partition coefficient (Wildman–Crippen LogP) is 8.11. The van der Waals surface area contributed by atoms with Crippen LogP contribution in [0.25, 0.3) is 11.1 Å². The molecule has 0 fully saturated rings. The van der Waals surface area contributed by atoms with Crippen LogP contribution in [0.4, 0.5) is 0 Å². The van der Waals surface area contributed by atoms with Gasteiger partial charge in [-0.15, -0.1) is 13.2 Å². The van der Waals surface area contributed by atoms with Crippen molar-refractivity contribution in [3.8, 4) is 11.1 Å². The maximum absolute atomic E-state index is 3.36. The Morgan fingerprint density at radius 3 is 1.76 bits per heavy atom. The molecular formula is C28H41N. The molecule has 158 valence electrons. The molecule has 0 spiro atoms. The number of fused-ring (bicyclic) bond motifs is 1. The van der Waals surface area contributed by atoms with Crippen LogP contribution >= 0.6 is 0 Å². The van der Waals surface area contributed by atoms with Crippen LogP contribution in [0.2, 0.25) is 0 Å². The van der Waals surface area contributed by atoms with Crippen molar-refractivity contribution in [1.82, 2.24) is 4.90 Å². The zero-order valence-electron chi connectivity index (χ0n) is 19.3. The number of hydrogen-bond donors (Lipinski definition) is 0. The molecule has 0 saturated carbocycles. The van der Waals surface area contributed by atoms with Crippen molar-refractivity contribution < 1.29 is 0 Å². The summed E-state index contributed by atoms with van der Waals surface area (Å²) in [6.45, 7) is 23.5. The molecule has 0 N–H and O–H groups in total. The van der Waals surface area contributed by atoms with E-state index in [0.717, 1.165) is 6.54 Å². The molecule has 29 heavy (non-hydrogen) atoms. The van der Waals surface area contributed by atoms with Gasteiger partial charge in [-0.25, -0.2) is 0 Å². The third-order valence-electron chi connectivity index (χ3n) is 3.68. The first kappa shape index (κ1) is 28.6. The summed E-state index contributed by atoms with van der Waals surface area (Å²) in [6.07, 6.45) is 7.95. The summed E-state index contributed by atoms with van der Waals surface area (Å²) in [5.74, 6) is 0. The standard InChI is InChI=1S/C16H17N.C4H6.2C3H6.C2H6/c1-17-10-9-15-11-14(7-8-16(15)12-17)13-5-3-2-4-6-13;1-3-4-2;2*1-3-2;1-2/h2-8,11H,9-10,12H2,1H3;3-4H,1-2H2;2*3H,1H2,2H3;1-2H3. The van der Waals surface area contributed by atoms with Crippen LogP contribution in [0, 0.1) is 0 Å². The maximum atomic E-state index is 3.36. The Morgan fingerprint density at radius 1 is 0.759 bits per heavy atom. The first-order chi connectivity index (χ1) is 14.1. The monoisotopic (exact) mass is 391 g/mol. The van der Waals surface area contributed by atoms with E-state index in [2.05, 4.69) is 86.8 Å². The molecule has 0 aliphatic carbocycles. The molecule has 1 aliphatic heterocycles. The average Bonchev–Trinajstić information content (AvgIpc) is 2.77. The fourth-order valence-corrected chi connectivity index (χ4v) is 2.50. The van der Waals surface area contributed by atoms with Gasteiger partial charge in [-0.2, -0.15) is 0 Å². The van der Waals surface area contributed by atoms with Crippen LogP contribution in [-0.2, 0) is 13.0 Å². The van der Waals surface area contributed by atoms with Gasteiger partial charge in [0, 0.05) is 13.1 Å². The Kier molecular flexibility index (Phi) is 19.8. The molecule has 0 unspecified atom stereocenters. The van der Waals surface area contributed by atoms with Crippen molar-refractivity contribution in [2.75, 3.05) is 13.6 Å². The highest BCUT2D eigenvalue weighted by Crippen LogP contribution is 2.25. The lowest BCUT2D eigenvalue weighted by Crippen LogP contribution is -2.26. The lowest BCUT2D eigenvalue weighted by molar-refractivity contribution is 0.313. The van der Waals surface area contributed by atoms with Gasteiger partial charge in [-0.3, -0.25) is 0 Å². The third-order valence-corrected chi connectivity index (χ3v) is 3.68. The van der Waals surface area contributed by atoms with E-state index in [9.17, 15) is 0 Å². The number of benzene rings is 2. The van der Waals surface area contributed by atoms with E-state index in [4.69, 9.17) is 0 Å². The Balaban J connectivity index is 0. The van der Waals surface area contributed by atoms with Crippen molar-refractivity contribution >= 4 is 0 Å². The van der Waals surface area contributed by atoms with Gasteiger partial charge in [-0.05, 0) is 49.6 Å². The Labute approximate surface area is 180 Å². The topological polar surface area (TPSA) is 3.24 Å². The van der Waals surface area contributed by atoms with Gasteiger partial charge in [0.1, 0.15) is 0 Å². The molecule has 1 heteroatoms. The number of allylic oxidation sites excluding steroid dienone is 4. The van der Waals surface area contributed by atoms with Crippen LogP contribution in [-0.4, -0.2) is 18.5 Å². The third kappa shape index (κ3) is 13.2. The van der Waals surface area contributed by atoms with Crippen LogP contribution in [0.3, 0.4) is 0 Å². The van der Waals surface area contributed by atoms with Gasteiger partial charge < -0.3 is 4.90 Å². The van der Waals surface area contributed by atoms with Crippen LogP contribution < -0.4 is 0 Å².